The van der Waals surface area contributed by atoms with Crippen LogP contribution in [-0.4, -0.2) is 39.4 Å². The Balaban J connectivity index is 1.38. The molecule has 3 atom stereocenters. The third-order valence-electron chi connectivity index (χ3n) is 10.6. The van der Waals surface area contributed by atoms with E-state index < -0.39 is 21.2 Å². The fraction of sp³-hybridized carbons (Fsp3) is 0.295. The summed E-state index contributed by atoms with van der Waals surface area (Å²) >= 11 is 1.57. The number of thioether (sulfide) groups is 1. The third kappa shape index (κ3) is 9.01. The molecule has 0 unspecified atom stereocenters. The predicted molar refractivity (Wildman–Crippen MR) is 224 cm³/mol. The van der Waals surface area contributed by atoms with E-state index >= 15 is 0 Å². The number of halogens is 1. The Kier molecular flexibility index (Phi) is 12.6. The first kappa shape index (κ1) is 40.6. The summed E-state index contributed by atoms with van der Waals surface area (Å²) in [6, 6.07) is 39.2. The Hall–Kier alpha value is -4.02. The van der Waals surface area contributed by atoms with Crippen LogP contribution < -0.4 is 14.9 Å². The normalized spacial score (nSPS) is 16.8. The highest BCUT2D eigenvalue weighted by Crippen LogP contribution is 2.50. The monoisotopic (exact) mass is 797 g/mol. The zero-order valence-electron chi connectivity index (χ0n) is 32.4. The first-order valence-electron chi connectivity index (χ1n) is 18.3. The number of benzene rings is 5. The summed E-state index contributed by atoms with van der Waals surface area (Å²) in [7, 11) is -2.93. The molecule has 55 heavy (non-hydrogen) atoms. The summed E-state index contributed by atoms with van der Waals surface area (Å²) in [5.74, 6) is 0.857. The lowest BCUT2D eigenvalue weighted by atomic mass is 9.90. The van der Waals surface area contributed by atoms with Gasteiger partial charge in [0.2, 0.25) is 5.91 Å². The third-order valence-corrected chi connectivity index (χ3v) is 18.3. The maximum Gasteiger partial charge on any atom is 0.360 e. The van der Waals surface area contributed by atoms with Crippen LogP contribution in [0.5, 0.6) is 5.75 Å². The predicted octanol–water partition coefficient (Wildman–Crippen LogP) is 11.1. The van der Waals surface area contributed by atoms with Gasteiger partial charge in [0.1, 0.15) is 23.4 Å². The molecule has 0 aliphatic carbocycles. The second-order valence-corrected chi connectivity index (χ2v) is 23.3. The minimum absolute atomic E-state index is 0.000716. The molecule has 0 saturated carbocycles. The molecule has 0 bridgehead atoms. The Morgan fingerprint density at radius 2 is 1.42 bits per heavy atom. The van der Waals surface area contributed by atoms with Gasteiger partial charge in [-0.3, -0.25) is 9.36 Å². The van der Waals surface area contributed by atoms with E-state index in [-0.39, 0.29) is 28.9 Å². The van der Waals surface area contributed by atoms with E-state index in [0.29, 0.717) is 23.4 Å². The number of carbonyl (C=O) groups excluding carboxylic acids is 1. The highest BCUT2D eigenvalue weighted by Gasteiger charge is 2.51. The number of ether oxygens (including phenoxy) is 1. The molecule has 6 rings (SSSR count). The topological polar surface area (TPSA) is 74.3 Å². The SMILES string of the molecule is COP(=O)(OC)c1ccc(-c2ccc([C@@H]3[C@@H](SC[C@H](O[Si](C)(C)C(C)(C)C)c4ccc(F)cc4)C(=O)N3c3ccccc3)c(OCc3ccccc3)c2)cc1. The van der Waals surface area contributed by atoms with Crippen LogP contribution >= 0.6 is 19.4 Å². The van der Waals surface area contributed by atoms with E-state index in [1.54, 1.807) is 36.0 Å². The fourth-order valence-corrected chi connectivity index (χ4v) is 10.2. The van der Waals surface area contributed by atoms with Crippen molar-refractivity contribution in [2.24, 2.45) is 0 Å². The number of amides is 1. The average Bonchev–Trinajstić information content (AvgIpc) is 3.19. The van der Waals surface area contributed by atoms with Gasteiger partial charge < -0.3 is 23.1 Å². The van der Waals surface area contributed by atoms with E-state index in [9.17, 15) is 13.8 Å². The summed E-state index contributed by atoms with van der Waals surface area (Å²) in [6.45, 7) is 11.3. The van der Waals surface area contributed by atoms with Crippen LogP contribution in [0.15, 0.2) is 127 Å². The van der Waals surface area contributed by atoms with Crippen LogP contribution in [0.25, 0.3) is 11.1 Å². The fourth-order valence-electron chi connectivity index (χ4n) is 6.34. The number of nitrogens with zero attached hydrogens (tertiary/aromatic N) is 1. The quantitative estimate of drug-likeness (QED) is 0.0593. The molecule has 0 N–H and O–H groups in total. The van der Waals surface area contributed by atoms with Crippen molar-refractivity contribution >= 4 is 44.6 Å². The van der Waals surface area contributed by atoms with Gasteiger partial charge in [0, 0.05) is 31.2 Å². The second kappa shape index (κ2) is 17.0. The first-order valence-corrected chi connectivity index (χ1v) is 23.8. The molecule has 0 aromatic heterocycles. The summed E-state index contributed by atoms with van der Waals surface area (Å²) in [5, 5.41) is -0.0244. The Morgan fingerprint density at radius 3 is 2.02 bits per heavy atom. The van der Waals surface area contributed by atoms with Gasteiger partial charge in [-0.1, -0.05) is 106 Å². The Morgan fingerprint density at radius 1 is 0.818 bits per heavy atom. The molecule has 5 aromatic carbocycles. The average molecular weight is 798 g/mol. The first-order chi connectivity index (χ1) is 26.2. The van der Waals surface area contributed by atoms with E-state index in [0.717, 1.165) is 33.5 Å². The summed E-state index contributed by atoms with van der Waals surface area (Å²) in [4.78, 5) is 16.1. The largest absolute Gasteiger partial charge is 0.489 e. The molecule has 7 nitrogen and oxygen atoms in total. The number of β-lactam (4-membered cyclic amide) rings is 1. The van der Waals surface area contributed by atoms with E-state index in [2.05, 4.69) is 33.9 Å². The maximum atomic E-state index is 14.3. The molecular formula is C44H49FNO6PSSi. The van der Waals surface area contributed by atoms with Crippen LogP contribution in [0.4, 0.5) is 10.1 Å². The van der Waals surface area contributed by atoms with E-state index in [1.165, 1.54) is 26.4 Å². The molecule has 1 saturated heterocycles. The van der Waals surface area contributed by atoms with Gasteiger partial charge in [0.25, 0.3) is 0 Å². The van der Waals surface area contributed by atoms with E-state index in [1.807, 2.05) is 95.9 Å². The van der Waals surface area contributed by atoms with Gasteiger partial charge in [-0.2, -0.15) is 0 Å². The van der Waals surface area contributed by atoms with Gasteiger partial charge in [-0.05, 0) is 82.9 Å². The molecular weight excluding hydrogens is 749 g/mol. The van der Waals surface area contributed by atoms with Gasteiger partial charge in [-0.15, -0.1) is 11.8 Å². The number of rotatable bonds is 15. The van der Waals surface area contributed by atoms with Crippen molar-refractivity contribution in [1.82, 2.24) is 0 Å². The van der Waals surface area contributed by atoms with Crippen LogP contribution in [0.2, 0.25) is 18.1 Å². The smallest absolute Gasteiger partial charge is 0.360 e. The minimum atomic E-state index is -3.41. The Labute approximate surface area is 329 Å². The highest BCUT2D eigenvalue weighted by molar-refractivity contribution is 8.00. The molecule has 1 fully saturated rings. The lowest BCUT2D eigenvalue weighted by molar-refractivity contribution is -0.123. The number of anilines is 1. The highest BCUT2D eigenvalue weighted by atomic mass is 32.2. The number of hydrogen-bond acceptors (Lipinski definition) is 7. The van der Waals surface area contributed by atoms with Gasteiger partial charge in [0.15, 0.2) is 8.32 Å². The zero-order valence-corrected chi connectivity index (χ0v) is 35.1. The minimum Gasteiger partial charge on any atom is -0.489 e. The van der Waals surface area contributed by atoms with Crippen molar-refractivity contribution < 1.29 is 32.0 Å². The van der Waals surface area contributed by atoms with E-state index in [4.69, 9.17) is 18.2 Å². The lowest BCUT2D eigenvalue weighted by Crippen LogP contribution is -2.58. The number of para-hydroxylation sites is 1. The molecule has 1 amide bonds. The summed E-state index contributed by atoms with van der Waals surface area (Å²) in [6.07, 6.45) is -0.337. The molecule has 0 spiro atoms. The Bertz CT molecular complexity index is 2110. The summed E-state index contributed by atoms with van der Waals surface area (Å²) in [5.41, 5.74) is 5.36. The van der Waals surface area contributed by atoms with Gasteiger partial charge in [-0.25, -0.2) is 4.39 Å². The molecule has 0 radical (unpaired) electrons. The van der Waals surface area contributed by atoms with Crippen molar-refractivity contribution in [2.45, 2.75) is 62.9 Å². The van der Waals surface area contributed by atoms with Crippen LogP contribution in [0, 0.1) is 5.82 Å². The molecule has 11 heteroatoms. The molecule has 1 aliphatic rings. The lowest BCUT2D eigenvalue weighted by Gasteiger charge is -2.48. The van der Waals surface area contributed by atoms with Crippen LogP contribution in [0.3, 0.4) is 0 Å². The maximum absolute atomic E-state index is 14.3. The van der Waals surface area contributed by atoms with Crippen molar-refractivity contribution in [3.8, 4) is 16.9 Å². The molecule has 5 aromatic rings. The van der Waals surface area contributed by atoms with Crippen molar-refractivity contribution in [3.05, 3.63) is 150 Å². The molecule has 288 valence electrons. The molecule has 1 aliphatic heterocycles. The summed E-state index contributed by atoms with van der Waals surface area (Å²) < 4.78 is 51.1. The molecule has 1 heterocycles. The second-order valence-electron chi connectivity index (χ2n) is 15.1. The van der Waals surface area contributed by atoms with Gasteiger partial charge in [0.05, 0.1) is 17.5 Å². The zero-order chi connectivity index (χ0) is 39.4. The standard InChI is InChI=1S/C44H49FNO6PSSi/c1-44(2,3)55(6,7)52-40(33-18-23-35(45)24-19-33)30-54-42-41(46(43(42)47)36-16-12-9-13-17-36)38-27-22-34(28-39(38)51-29-31-14-10-8-11-15-31)32-20-25-37(26-21-32)53(48,49-4)50-5/h8-28,40-42H,29-30H2,1-7H3/t40-,41+,42+/m0/s1. The van der Waals surface area contributed by atoms with Crippen molar-refractivity contribution in [2.75, 3.05) is 24.9 Å². The van der Waals surface area contributed by atoms with Crippen molar-refractivity contribution in [1.29, 1.82) is 0 Å². The van der Waals surface area contributed by atoms with Crippen molar-refractivity contribution in [3.63, 3.8) is 0 Å². The number of carbonyl (C=O) groups is 1. The number of hydrogen-bond donors (Lipinski definition) is 0. The van der Waals surface area contributed by atoms with Crippen LogP contribution in [-0.2, 0) is 29.4 Å². The van der Waals surface area contributed by atoms with Gasteiger partial charge >= 0.3 is 7.60 Å². The van der Waals surface area contributed by atoms with Crippen LogP contribution in [0.1, 0.15) is 49.6 Å².